The third kappa shape index (κ3) is 7.01. The highest BCUT2D eigenvalue weighted by Gasteiger charge is 2.69. The maximum absolute atomic E-state index is 15.7. The van der Waals surface area contributed by atoms with Crippen LogP contribution in [0.1, 0.15) is 87.1 Å². The highest BCUT2D eigenvalue weighted by Crippen LogP contribution is 2.65. The molecule has 1 aliphatic carbocycles. The summed E-state index contributed by atoms with van der Waals surface area (Å²) in [5, 5.41) is 7.23. The van der Waals surface area contributed by atoms with E-state index in [-0.39, 0.29) is 41.0 Å². The Morgan fingerprint density at radius 1 is 1.06 bits per heavy atom. The minimum absolute atomic E-state index is 0.0429. The second-order valence-corrected chi connectivity index (χ2v) is 15.8. The average molecular weight is 720 g/mol. The van der Waals surface area contributed by atoms with Gasteiger partial charge in [-0.05, 0) is 93.2 Å². The van der Waals surface area contributed by atoms with Gasteiger partial charge in [-0.2, -0.15) is 5.10 Å². The largest absolute Gasteiger partial charge is 0.466 e. The van der Waals surface area contributed by atoms with Gasteiger partial charge in [-0.3, -0.25) is 19.1 Å². The van der Waals surface area contributed by atoms with Crippen LogP contribution >= 0.6 is 0 Å². The lowest BCUT2D eigenvalue weighted by Gasteiger charge is -2.39. The Kier molecular flexibility index (Phi) is 9.69. The second kappa shape index (κ2) is 13.6. The number of amides is 3. The second-order valence-electron chi connectivity index (χ2n) is 15.8. The summed E-state index contributed by atoms with van der Waals surface area (Å²) in [6, 6.07) is 5.85. The van der Waals surface area contributed by atoms with Gasteiger partial charge < -0.3 is 24.6 Å². The number of likely N-dealkylation sites (tertiary alicyclic amines) is 2. The van der Waals surface area contributed by atoms with Crippen LogP contribution in [0.25, 0.3) is 11.1 Å². The molecule has 52 heavy (non-hydrogen) atoms. The molecule has 0 spiro atoms. The Bertz CT molecular complexity index is 1890. The predicted molar refractivity (Wildman–Crippen MR) is 188 cm³/mol. The number of aromatic nitrogens is 2. The molecule has 1 N–H and O–H groups in total. The molecule has 3 aliphatic rings. The van der Waals surface area contributed by atoms with Crippen LogP contribution in [0.3, 0.4) is 0 Å². The van der Waals surface area contributed by atoms with E-state index in [2.05, 4.69) is 10.4 Å². The van der Waals surface area contributed by atoms with E-state index < -0.39 is 59.6 Å². The van der Waals surface area contributed by atoms with Crippen LogP contribution in [0.5, 0.6) is 0 Å². The number of nitrogens with zero attached hydrogens (tertiary/aromatic N) is 4. The number of aryl methyl sites for hydroxylation is 2. The zero-order valence-corrected chi connectivity index (χ0v) is 31.0. The van der Waals surface area contributed by atoms with Crippen LogP contribution in [0.2, 0.25) is 0 Å². The molecule has 2 aromatic carbocycles. The van der Waals surface area contributed by atoms with Gasteiger partial charge in [0.25, 0.3) is 5.91 Å². The number of fused-ring (bicyclic) bond motifs is 1. The van der Waals surface area contributed by atoms with E-state index in [0.29, 0.717) is 25.2 Å². The summed E-state index contributed by atoms with van der Waals surface area (Å²) in [5.74, 6) is -4.10. The molecule has 2 aliphatic heterocycles. The first-order valence-corrected chi connectivity index (χ1v) is 17.8. The van der Waals surface area contributed by atoms with Crippen LogP contribution in [0.15, 0.2) is 42.7 Å². The molecule has 11 nitrogen and oxygen atoms in total. The van der Waals surface area contributed by atoms with Gasteiger partial charge >= 0.3 is 12.1 Å². The molecule has 1 aromatic heterocycles. The van der Waals surface area contributed by atoms with Gasteiger partial charge in [0.1, 0.15) is 11.6 Å². The van der Waals surface area contributed by atoms with E-state index >= 15 is 8.78 Å². The van der Waals surface area contributed by atoms with Gasteiger partial charge in [-0.1, -0.05) is 32.0 Å². The number of halogens is 2. The molecule has 3 aromatic rings. The van der Waals surface area contributed by atoms with Crippen molar-refractivity contribution in [3.63, 3.8) is 0 Å². The van der Waals surface area contributed by atoms with Crippen molar-refractivity contribution in [1.29, 1.82) is 0 Å². The van der Waals surface area contributed by atoms with E-state index in [1.54, 1.807) is 43.5 Å². The van der Waals surface area contributed by atoms with Gasteiger partial charge in [-0.25, -0.2) is 13.6 Å². The quantitative estimate of drug-likeness (QED) is 0.264. The van der Waals surface area contributed by atoms with Crippen LogP contribution in [-0.4, -0.2) is 81.3 Å². The topological polar surface area (TPSA) is 123 Å². The lowest BCUT2D eigenvalue weighted by molar-refractivity contribution is -0.144. The van der Waals surface area contributed by atoms with E-state index in [0.717, 1.165) is 22.8 Å². The van der Waals surface area contributed by atoms with Crippen LogP contribution in [0, 0.1) is 42.7 Å². The smallest absolute Gasteiger partial charge is 0.410 e. The summed E-state index contributed by atoms with van der Waals surface area (Å²) in [6.07, 6.45) is 2.20. The summed E-state index contributed by atoms with van der Waals surface area (Å²) in [7, 11) is 0. The Morgan fingerprint density at radius 2 is 1.73 bits per heavy atom. The molecule has 1 saturated carbocycles. The number of nitrogens with one attached hydrogen (secondary N) is 1. The summed E-state index contributed by atoms with van der Waals surface area (Å²) in [6.45, 7) is 16.0. The van der Waals surface area contributed by atoms with Crippen molar-refractivity contribution < 1.29 is 37.4 Å². The number of carbonyl (C=O) groups is 4. The molecule has 0 radical (unpaired) electrons. The fourth-order valence-electron chi connectivity index (χ4n) is 7.87. The van der Waals surface area contributed by atoms with E-state index in [1.807, 2.05) is 45.9 Å². The number of carbonyl (C=O) groups excluding carboxylic acids is 4. The highest BCUT2D eigenvalue weighted by atomic mass is 19.2. The first-order valence-electron chi connectivity index (χ1n) is 17.8. The number of esters is 1. The zero-order chi connectivity index (χ0) is 37.9. The lowest BCUT2D eigenvalue weighted by Crippen LogP contribution is -2.52. The Balaban J connectivity index is 1.25. The minimum atomic E-state index is -1.28. The van der Waals surface area contributed by atoms with Gasteiger partial charge in [0.2, 0.25) is 5.91 Å². The molecular weight excluding hydrogens is 672 g/mol. The van der Waals surface area contributed by atoms with Crippen molar-refractivity contribution in [2.45, 2.75) is 85.5 Å². The van der Waals surface area contributed by atoms with Crippen LogP contribution < -0.4 is 5.32 Å². The fourth-order valence-corrected chi connectivity index (χ4v) is 7.87. The lowest BCUT2D eigenvalue weighted by atomic mass is 9.91. The van der Waals surface area contributed by atoms with Gasteiger partial charge in [0, 0.05) is 31.4 Å². The number of ether oxygens (including phenoxy) is 2. The van der Waals surface area contributed by atoms with Crippen LogP contribution in [0.4, 0.5) is 13.6 Å². The third-order valence-electron chi connectivity index (χ3n) is 10.7. The maximum atomic E-state index is 15.7. The van der Waals surface area contributed by atoms with Crippen molar-refractivity contribution in [2.75, 3.05) is 26.2 Å². The van der Waals surface area contributed by atoms with Crippen molar-refractivity contribution in [2.24, 2.45) is 17.3 Å². The summed E-state index contributed by atoms with van der Waals surface area (Å²) < 4.78 is 43.3. The third-order valence-corrected chi connectivity index (χ3v) is 10.7. The molecule has 3 fully saturated rings. The minimum Gasteiger partial charge on any atom is -0.466 e. The first kappa shape index (κ1) is 37.0. The van der Waals surface area contributed by atoms with E-state index in [9.17, 15) is 19.2 Å². The molecule has 278 valence electrons. The average Bonchev–Trinajstić information content (AvgIpc) is 3.41. The monoisotopic (exact) mass is 719 g/mol. The summed E-state index contributed by atoms with van der Waals surface area (Å²) in [4.78, 5) is 56.7. The molecule has 13 heteroatoms. The number of hydrogen-bond donors (Lipinski definition) is 1. The van der Waals surface area contributed by atoms with Crippen LogP contribution in [-0.2, 0) is 19.1 Å². The molecular formula is C39H47F2N5O6. The molecule has 4 atom stereocenters. The van der Waals surface area contributed by atoms with Gasteiger partial charge in [0.15, 0.2) is 11.6 Å². The maximum Gasteiger partial charge on any atom is 0.410 e. The molecule has 2 saturated heterocycles. The first-order chi connectivity index (χ1) is 24.4. The summed E-state index contributed by atoms with van der Waals surface area (Å²) in [5.41, 5.74) is 2.07. The molecule has 3 amide bonds. The zero-order valence-electron chi connectivity index (χ0n) is 31.0. The van der Waals surface area contributed by atoms with E-state index in [4.69, 9.17) is 9.47 Å². The molecule has 3 heterocycles. The Hall–Kier alpha value is -4.81. The molecule has 0 bridgehead atoms. The molecule has 0 unspecified atom stereocenters. The fraction of sp³-hybridized carbons (Fsp3) is 0.513. The Morgan fingerprint density at radius 3 is 2.37 bits per heavy atom. The van der Waals surface area contributed by atoms with Gasteiger partial charge in [-0.15, -0.1) is 0 Å². The number of hydrogen-bond acceptors (Lipinski definition) is 7. The standard InChI is InChI=1S/C39H47F2N5O6/c1-9-51-30(47)15-29(26-13-23(14-28(40)33(26)41)31-21(2)11-10-12-22(31)3)43-35(48)34-32-27(39(32,7)8)20-45(34)36(49)24-16-42-46(17-24)25-18-44(19-25)37(50)52-38(4,5)6/h10-14,16-17,25,27,29,32,34H,9,15,18-20H2,1-8H3,(H,43,48)/t27-,29-,32-,34-/m0/s1. The van der Waals surface area contributed by atoms with Gasteiger partial charge in [0.05, 0.1) is 36.9 Å². The summed E-state index contributed by atoms with van der Waals surface area (Å²) >= 11 is 0. The number of benzene rings is 2. The van der Waals surface area contributed by atoms with Crippen molar-refractivity contribution >= 4 is 23.9 Å². The van der Waals surface area contributed by atoms with Crippen molar-refractivity contribution in [3.05, 3.63) is 76.6 Å². The van der Waals surface area contributed by atoms with Crippen molar-refractivity contribution in [1.82, 2.24) is 24.9 Å². The Labute approximate surface area is 302 Å². The normalized spacial score (nSPS) is 21.2. The molecule has 6 rings (SSSR count). The number of piperidine rings is 1. The van der Waals surface area contributed by atoms with Crippen molar-refractivity contribution in [3.8, 4) is 11.1 Å². The highest BCUT2D eigenvalue weighted by molar-refractivity contribution is 5.98. The SMILES string of the molecule is CCOC(=O)C[C@H](NC(=O)[C@@H]1[C@@H]2[C@H](CN1C(=O)c1cnn(C3CN(C(=O)OC(C)(C)C)C3)c1)C2(C)C)c1cc(-c2c(C)cccc2C)cc(F)c1F. The van der Waals surface area contributed by atoms with E-state index in [1.165, 1.54) is 17.2 Å². The predicted octanol–water partition coefficient (Wildman–Crippen LogP) is 6.14. The number of rotatable bonds is 9.